The van der Waals surface area contributed by atoms with Gasteiger partial charge in [-0.15, -0.1) is 0 Å². The molecule has 0 radical (unpaired) electrons. The van der Waals surface area contributed by atoms with Gasteiger partial charge in [-0.05, 0) is 19.3 Å². The van der Waals surface area contributed by atoms with Crippen LogP contribution < -0.4 is 4.89 Å². The molecule has 0 aromatic carbocycles. The van der Waals surface area contributed by atoms with E-state index < -0.39 is 14.1 Å². The SMILES string of the molecule is CCCC[N+](CCCC)(CCCC)C(C)OP(=O)([O-])O. The monoisotopic (exact) mass is 309 g/mol. The van der Waals surface area contributed by atoms with Gasteiger partial charge in [0, 0.05) is 6.92 Å². The topological polar surface area (TPSA) is 69.6 Å². The fourth-order valence-electron chi connectivity index (χ4n) is 2.59. The highest BCUT2D eigenvalue weighted by molar-refractivity contribution is 7.44. The molecule has 2 unspecified atom stereocenters. The van der Waals surface area contributed by atoms with Gasteiger partial charge in [-0.1, -0.05) is 40.0 Å². The molecule has 6 heteroatoms. The van der Waals surface area contributed by atoms with E-state index in [1.54, 1.807) is 6.92 Å². The first kappa shape index (κ1) is 20.1. The minimum atomic E-state index is -4.68. The Labute approximate surface area is 124 Å². The third kappa shape index (κ3) is 7.75. The van der Waals surface area contributed by atoms with Crippen molar-refractivity contribution in [1.29, 1.82) is 0 Å². The van der Waals surface area contributed by atoms with Crippen molar-refractivity contribution in [2.75, 3.05) is 19.6 Å². The van der Waals surface area contributed by atoms with Crippen molar-refractivity contribution in [1.82, 2.24) is 0 Å². The minimum absolute atomic E-state index is 0.520. The normalized spacial score (nSPS) is 16.9. The van der Waals surface area contributed by atoms with Crippen LogP contribution in [-0.2, 0) is 9.09 Å². The van der Waals surface area contributed by atoms with Gasteiger partial charge in [0.25, 0.3) is 7.82 Å². The summed E-state index contributed by atoms with van der Waals surface area (Å²) >= 11 is 0. The third-order valence-electron chi connectivity index (χ3n) is 3.93. The summed E-state index contributed by atoms with van der Waals surface area (Å²) in [5.41, 5.74) is 0. The zero-order valence-corrected chi connectivity index (χ0v) is 14.4. The molecule has 0 saturated carbocycles. The van der Waals surface area contributed by atoms with Crippen LogP contribution in [-0.4, -0.2) is 35.2 Å². The summed E-state index contributed by atoms with van der Waals surface area (Å²) in [6.45, 7) is 10.9. The van der Waals surface area contributed by atoms with Gasteiger partial charge in [0.15, 0.2) is 6.23 Å². The minimum Gasteiger partial charge on any atom is -0.756 e. The molecule has 20 heavy (non-hydrogen) atoms. The molecule has 0 aliphatic carbocycles. The molecule has 0 rings (SSSR count). The zero-order chi connectivity index (χ0) is 15.6. The van der Waals surface area contributed by atoms with Gasteiger partial charge in [-0.2, -0.15) is 0 Å². The van der Waals surface area contributed by atoms with Gasteiger partial charge in [0.2, 0.25) is 0 Å². The Morgan fingerprint density at radius 1 is 1.05 bits per heavy atom. The van der Waals surface area contributed by atoms with E-state index in [1.807, 2.05) is 0 Å². The number of quaternary nitrogens is 1. The van der Waals surface area contributed by atoms with E-state index in [1.165, 1.54) is 0 Å². The van der Waals surface area contributed by atoms with Gasteiger partial charge < -0.3 is 9.79 Å². The highest BCUT2D eigenvalue weighted by Crippen LogP contribution is 2.36. The molecule has 0 aliphatic rings. The molecule has 1 N–H and O–H groups in total. The molecule has 5 nitrogen and oxygen atoms in total. The fourth-order valence-corrected chi connectivity index (χ4v) is 3.18. The smallest absolute Gasteiger partial charge is 0.269 e. The van der Waals surface area contributed by atoms with E-state index in [0.29, 0.717) is 4.48 Å². The van der Waals surface area contributed by atoms with Crippen LogP contribution in [0.1, 0.15) is 66.2 Å². The van der Waals surface area contributed by atoms with Gasteiger partial charge in [0.05, 0.1) is 19.6 Å². The highest BCUT2D eigenvalue weighted by atomic mass is 31.2. The lowest BCUT2D eigenvalue weighted by atomic mass is 10.1. The zero-order valence-electron chi connectivity index (χ0n) is 13.5. The molecule has 2 atom stereocenters. The molecule has 0 amide bonds. The summed E-state index contributed by atoms with van der Waals surface area (Å²) in [5.74, 6) is 0. The van der Waals surface area contributed by atoms with Gasteiger partial charge in [0.1, 0.15) is 0 Å². The third-order valence-corrected chi connectivity index (χ3v) is 4.50. The Bertz CT molecular complexity index is 271. The summed E-state index contributed by atoms with van der Waals surface area (Å²) in [6.07, 6.45) is 5.80. The van der Waals surface area contributed by atoms with Gasteiger partial charge in [-0.3, -0.25) is 13.6 Å². The molecular weight excluding hydrogens is 277 g/mol. The molecule has 0 aromatic rings. The number of nitrogens with zero attached hydrogens (tertiary/aromatic N) is 1. The number of phosphoric acid groups is 1. The van der Waals surface area contributed by atoms with Crippen LogP contribution in [0.5, 0.6) is 0 Å². The second-order valence-electron chi connectivity index (χ2n) is 5.62. The standard InChI is InChI=1S/C14H32NO4P/c1-5-8-11-15(12-9-6-2,13-10-7-3)14(4)19-20(16,17)18/h14H,5-13H2,1-4H3,(H-,16,17,18). The molecular formula is C14H32NO4P. The Balaban J connectivity index is 5.04. The Hall–Kier alpha value is 0.0700. The van der Waals surface area contributed by atoms with E-state index in [-0.39, 0.29) is 0 Å². The number of hydrogen-bond donors (Lipinski definition) is 1. The maximum absolute atomic E-state index is 11.1. The number of phosphoric ester groups is 1. The lowest BCUT2D eigenvalue weighted by Gasteiger charge is -2.44. The van der Waals surface area contributed by atoms with E-state index in [4.69, 9.17) is 9.42 Å². The quantitative estimate of drug-likeness (QED) is 0.342. The molecule has 0 aromatic heterocycles. The van der Waals surface area contributed by atoms with Crippen molar-refractivity contribution in [3.8, 4) is 0 Å². The lowest BCUT2D eigenvalue weighted by molar-refractivity contribution is -0.967. The average molecular weight is 309 g/mol. The van der Waals surface area contributed by atoms with Crippen molar-refractivity contribution in [2.45, 2.75) is 72.4 Å². The van der Waals surface area contributed by atoms with Crippen molar-refractivity contribution >= 4 is 7.82 Å². The summed E-state index contributed by atoms with van der Waals surface area (Å²) in [7, 11) is -4.68. The number of unbranched alkanes of at least 4 members (excludes halogenated alkanes) is 3. The maximum atomic E-state index is 11.1. The van der Waals surface area contributed by atoms with Crippen LogP contribution in [0.15, 0.2) is 0 Å². The van der Waals surface area contributed by atoms with Gasteiger partial charge in [-0.25, -0.2) is 0 Å². The number of rotatable bonds is 12. The Kier molecular flexibility index (Phi) is 9.94. The van der Waals surface area contributed by atoms with E-state index in [0.717, 1.165) is 58.2 Å². The van der Waals surface area contributed by atoms with Crippen LogP contribution in [0, 0.1) is 0 Å². The highest BCUT2D eigenvalue weighted by Gasteiger charge is 2.35. The van der Waals surface area contributed by atoms with E-state index in [9.17, 15) is 9.46 Å². The summed E-state index contributed by atoms with van der Waals surface area (Å²) in [4.78, 5) is 20.1. The van der Waals surface area contributed by atoms with Crippen molar-refractivity contribution in [2.24, 2.45) is 0 Å². The largest absolute Gasteiger partial charge is 0.756 e. The molecule has 0 bridgehead atoms. The predicted octanol–water partition coefficient (Wildman–Crippen LogP) is 3.03. The van der Waals surface area contributed by atoms with Crippen LogP contribution in [0.2, 0.25) is 0 Å². The molecule has 0 fully saturated rings. The van der Waals surface area contributed by atoms with E-state index in [2.05, 4.69) is 20.8 Å². The summed E-state index contributed by atoms with van der Waals surface area (Å²) in [6, 6.07) is 0. The van der Waals surface area contributed by atoms with Crippen LogP contribution >= 0.6 is 7.82 Å². The molecule has 0 spiro atoms. The Morgan fingerprint density at radius 3 is 1.65 bits per heavy atom. The van der Waals surface area contributed by atoms with Crippen LogP contribution in [0.3, 0.4) is 0 Å². The second-order valence-corrected chi connectivity index (χ2v) is 6.77. The summed E-state index contributed by atoms with van der Waals surface area (Å²) in [5, 5.41) is 0. The van der Waals surface area contributed by atoms with Gasteiger partial charge >= 0.3 is 0 Å². The number of hydrogen-bond acceptors (Lipinski definition) is 3. The van der Waals surface area contributed by atoms with Crippen LogP contribution in [0.4, 0.5) is 0 Å². The average Bonchev–Trinajstić information content (AvgIpc) is 2.36. The first-order valence-electron chi connectivity index (χ1n) is 7.89. The van der Waals surface area contributed by atoms with Crippen molar-refractivity contribution < 1.29 is 23.4 Å². The lowest BCUT2D eigenvalue weighted by Crippen LogP contribution is -2.57. The van der Waals surface area contributed by atoms with Crippen LogP contribution in [0.25, 0.3) is 0 Å². The fraction of sp³-hybridized carbons (Fsp3) is 1.00. The first-order valence-corrected chi connectivity index (χ1v) is 9.38. The molecule has 0 saturated heterocycles. The predicted molar refractivity (Wildman–Crippen MR) is 80.0 cm³/mol. The maximum Gasteiger partial charge on any atom is 0.269 e. The molecule has 0 heterocycles. The second kappa shape index (κ2) is 9.91. The molecule has 122 valence electrons. The van der Waals surface area contributed by atoms with Crippen molar-refractivity contribution in [3.05, 3.63) is 0 Å². The Morgan fingerprint density at radius 2 is 1.40 bits per heavy atom. The summed E-state index contributed by atoms with van der Waals surface area (Å²) < 4.78 is 16.6. The van der Waals surface area contributed by atoms with Crippen molar-refractivity contribution in [3.63, 3.8) is 0 Å². The van der Waals surface area contributed by atoms with E-state index >= 15 is 0 Å². The molecule has 0 aliphatic heterocycles. The first-order chi connectivity index (χ1) is 9.31.